The van der Waals surface area contributed by atoms with Gasteiger partial charge in [0, 0.05) is 17.7 Å². The number of amides is 1. The number of nitrogens with zero attached hydrogens (tertiary/aromatic N) is 2. The number of thiocarbonyl (C=S) groups is 1. The molecule has 2 atom stereocenters. The minimum absolute atomic E-state index is 0.0612. The van der Waals surface area contributed by atoms with Gasteiger partial charge in [0.25, 0.3) is 5.91 Å². The molecule has 1 amide bonds. The number of carbonyl (C=O) groups excluding carboxylic acids is 1. The molecular weight excluding hydrogens is 412 g/mol. The van der Waals surface area contributed by atoms with Gasteiger partial charge in [-0.15, -0.1) is 11.3 Å². The molecule has 30 heavy (non-hydrogen) atoms. The van der Waals surface area contributed by atoms with Gasteiger partial charge in [0.1, 0.15) is 5.75 Å². The molecule has 0 aliphatic carbocycles. The number of ether oxygens (including phenoxy) is 1. The van der Waals surface area contributed by atoms with Crippen molar-refractivity contribution in [1.29, 1.82) is 0 Å². The summed E-state index contributed by atoms with van der Waals surface area (Å²) in [6, 6.07) is 19.9. The molecule has 1 aromatic heterocycles. The van der Waals surface area contributed by atoms with Crippen LogP contribution < -0.4 is 9.64 Å². The lowest BCUT2D eigenvalue weighted by atomic mass is 9.88. The number of aryl methyl sites for hydroxylation is 1. The quantitative estimate of drug-likeness (QED) is 0.488. The lowest BCUT2D eigenvalue weighted by molar-refractivity contribution is 0.0185. The van der Waals surface area contributed by atoms with E-state index in [0.29, 0.717) is 16.4 Å². The van der Waals surface area contributed by atoms with Crippen molar-refractivity contribution in [2.75, 3.05) is 4.90 Å². The minimum atomic E-state index is -0.671. The topological polar surface area (TPSA) is 32.8 Å². The summed E-state index contributed by atoms with van der Waals surface area (Å²) in [5.41, 5.74) is 2.52. The molecule has 5 rings (SSSR count). The molecule has 0 N–H and O–H groups in total. The Labute approximate surface area is 185 Å². The van der Waals surface area contributed by atoms with Gasteiger partial charge in [-0.05, 0) is 60.8 Å². The summed E-state index contributed by atoms with van der Waals surface area (Å²) < 4.78 is 6.51. The highest BCUT2D eigenvalue weighted by atomic mass is 32.1. The van der Waals surface area contributed by atoms with Gasteiger partial charge in [-0.2, -0.15) is 0 Å². The Bertz CT molecular complexity index is 1110. The second kappa shape index (κ2) is 7.22. The number of rotatable bonds is 3. The van der Waals surface area contributed by atoms with Gasteiger partial charge in [0.15, 0.2) is 10.8 Å². The molecule has 1 fully saturated rings. The standard InChI is InChI=1S/C24H22N2O2S2/c1-3-16-10-12-17(13-11-16)26-23(29)25(22(27)21-9-6-14-30-21)19-15-24(26,2)28-20-8-5-4-7-18(19)20/h4-14,19H,3,15H2,1-2H3. The first-order valence-electron chi connectivity index (χ1n) is 10.1. The molecule has 2 unspecified atom stereocenters. The number of thiophene rings is 1. The van der Waals surface area contributed by atoms with Crippen LogP contribution >= 0.6 is 23.6 Å². The fraction of sp³-hybridized carbons (Fsp3) is 0.250. The Kier molecular flexibility index (Phi) is 4.64. The third-order valence-electron chi connectivity index (χ3n) is 5.92. The number of carbonyl (C=O) groups is 1. The Morgan fingerprint density at radius 3 is 2.63 bits per heavy atom. The van der Waals surface area contributed by atoms with Crippen LogP contribution in [0.3, 0.4) is 0 Å². The van der Waals surface area contributed by atoms with Crippen LogP contribution in [-0.4, -0.2) is 21.6 Å². The number of benzene rings is 2. The molecule has 0 radical (unpaired) electrons. The zero-order valence-corrected chi connectivity index (χ0v) is 18.5. The number of anilines is 1. The summed E-state index contributed by atoms with van der Waals surface area (Å²) in [6.45, 7) is 4.19. The molecule has 3 aromatic rings. The third-order valence-corrected chi connectivity index (χ3v) is 7.15. The Morgan fingerprint density at radius 1 is 1.17 bits per heavy atom. The highest BCUT2D eigenvalue weighted by Crippen LogP contribution is 2.49. The van der Waals surface area contributed by atoms with Crippen LogP contribution in [0.25, 0.3) is 0 Å². The average molecular weight is 435 g/mol. The number of para-hydroxylation sites is 1. The van der Waals surface area contributed by atoms with Crippen LogP contribution in [0.2, 0.25) is 0 Å². The van der Waals surface area contributed by atoms with Gasteiger partial charge in [-0.1, -0.05) is 43.3 Å². The van der Waals surface area contributed by atoms with Gasteiger partial charge in [-0.25, -0.2) is 0 Å². The molecule has 0 saturated carbocycles. The van der Waals surface area contributed by atoms with E-state index in [1.165, 1.54) is 16.9 Å². The maximum Gasteiger partial charge on any atom is 0.270 e. The smallest absolute Gasteiger partial charge is 0.270 e. The molecule has 0 spiro atoms. The third kappa shape index (κ3) is 2.94. The molecule has 6 heteroatoms. The number of fused-ring (bicyclic) bond motifs is 4. The average Bonchev–Trinajstić information content (AvgIpc) is 3.28. The lowest BCUT2D eigenvalue weighted by Crippen LogP contribution is -2.67. The van der Waals surface area contributed by atoms with Crippen molar-refractivity contribution >= 4 is 40.3 Å². The monoisotopic (exact) mass is 434 g/mol. The molecule has 4 nitrogen and oxygen atoms in total. The summed E-state index contributed by atoms with van der Waals surface area (Å²) in [5, 5.41) is 2.40. The van der Waals surface area contributed by atoms with Gasteiger partial charge >= 0.3 is 0 Å². The second-order valence-corrected chi connectivity index (χ2v) is 9.14. The van der Waals surface area contributed by atoms with Crippen LogP contribution in [-0.2, 0) is 6.42 Å². The molecule has 2 aromatic carbocycles. The van der Waals surface area contributed by atoms with E-state index < -0.39 is 5.72 Å². The van der Waals surface area contributed by atoms with Crippen molar-refractivity contribution in [2.45, 2.75) is 38.5 Å². The lowest BCUT2D eigenvalue weighted by Gasteiger charge is -2.55. The highest BCUT2D eigenvalue weighted by Gasteiger charge is 2.53. The van der Waals surface area contributed by atoms with Crippen molar-refractivity contribution in [3.63, 3.8) is 0 Å². The molecule has 3 heterocycles. The minimum Gasteiger partial charge on any atom is -0.467 e. The fourth-order valence-electron chi connectivity index (χ4n) is 4.42. The number of hydrogen-bond donors (Lipinski definition) is 0. The molecule has 2 aliphatic heterocycles. The van der Waals surface area contributed by atoms with Crippen molar-refractivity contribution in [2.24, 2.45) is 0 Å². The van der Waals surface area contributed by atoms with Gasteiger partial charge in [-0.3, -0.25) is 14.6 Å². The first-order chi connectivity index (χ1) is 14.5. The van der Waals surface area contributed by atoms with Crippen molar-refractivity contribution < 1.29 is 9.53 Å². The maximum absolute atomic E-state index is 13.5. The number of hydrogen-bond acceptors (Lipinski definition) is 4. The normalized spacial score (nSPS) is 22.5. The molecule has 2 aliphatic rings. The maximum atomic E-state index is 13.5. The van der Waals surface area contributed by atoms with Gasteiger partial charge < -0.3 is 4.74 Å². The molecule has 2 bridgehead atoms. The zero-order valence-electron chi connectivity index (χ0n) is 16.9. The molecular formula is C24H22N2O2S2. The summed E-state index contributed by atoms with van der Waals surface area (Å²) >= 11 is 7.39. The van der Waals surface area contributed by atoms with Gasteiger partial charge in [0.2, 0.25) is 0 Å². The van der Waals surface area contributed by atoms with E-state index in [-0.39, 0.29) is 11.9 Å². The van der Waals surface area contributed by atoms with Crippen molar-refractivity contribution in [3.05, 3.63) is 82.0 Å². The van der Waals surface area contributed by atoms with Crippen molar-refractivity contribution in [1.82, 2.24) is 4.90 Å². The second-order valence-electron chi connectivity index (χ2n) is 7.83. The predicted molar refractivity (Wildman–Crippen MR) is 124 cm³/mol. The summed E-state index contributed by atoms with van der Waals surface area (Å²) in [7, 11) is 0. The van der Waals surface area contributed by atoms with Crippen LogP contribution in [0.4, 0.5) is 5.69 Å². The van der Waals surface area contributed by atoms with E-state index in [4.69, 9.17) is 17.0 Å². The molecule has 152 valence electrons. The summed E-state index contributed by atoms with van der Waals surface area (Å²) in [6.07, 6.45) is 1.60. The summed E-state index contributed by atoms with van der Waals surface area (Å²) in [5.74, 6) is 0.742. The van der Waals surface area contributed by atoms with E-state index >= 15 is 0 Å². The van der Waals surface area contributed by atoms with Crippen LogP contribution in [0, 0.1) is 0 Å². The Hall–Kier alpha value is -2.70. The van der Waals surface area contributed by atoms with Crippen molar-refractivity contribution in [3.8, 4) is 5.75 Å². The zero-order chi connectivity index (χ0) is 20.9. The predicted octanol–water partition coefficient (Wildman–Crippen LogP) is 5.80. The fourth-order valence-corrected chi connectivity index (χ4v) is 5.59. The van der Waals surface area contributed by atoms with E-state index in [1.54, 1.807) is 4.90 Å². The van der Waals surface area contributed by atoms with E-state index in [2.05, 4.69) is 38.1 Å². The van der Waals surface area contributed by atoms with Crippen LogP contribution in [0.1, 0.15) is 47.1 Å². The van der Waals surface area contributed by atoms with Crippen LogP contribution in [0.15, 0.2) is 66.0 Å². The SMILES string of the molecule is CCc1ccc(N2C(=S)N(C(=O)c3cccs3)C3CC2(C)Oc2ccccc23)cc1. The Morgan fingerprint density at radius 2 is 1.93 bits per heavy atom. The first kappa shape index (κ1) is 19.3. The van der Waals surface area contributed by atoms with E-state index in [9.17, 15) is 4.79 Å². The van der Waals surface area contributed by atoms with Crippen LogP contribution in [0.5, 0.6) is 5.75 Å². The van der Waals surface area contributed by atoms with E-state index in [1.807, 2.05) is 46.7 Å². The Balaban J connectivity index is 1.66. The summed E-state index contributed by atoms with van der Waals surface area (Å²) in [4.78, 5) is 18.0. The first-order valence-corrected chi connectivity index (χ1v) is 11.4. The molecule has 1 saturated heterocycles. The highest BCUT2D eigenvalue weighted by molar-refractivity contribution is 7.80. The van der Waals surface area contributed by atoms with E-state index in [0.717, 1.165) is 23.4 Å². The largest absolute Gasteiger partial charge is 0.467 e. The van der Waals surface area contributed by atoms with Gasteiger partial charge in [0.05, 0.1) is 10.9 Å².